The van der Waals surface area contributed by atoms with Gasteiger partial charge in [0.25, 0.3) is 0 Å². The Morgan fingerprint density at radius 3 is 2.65 bits per heavy atom. The van der Waals surface area contributed by atoms with E-state index in [-0.39, 0.29) is 12.0 Å². The number of hydrogen-bond donors (Lipinski definition) is 1. The quantitative estimate of drug-likeness (QED) is 0.902. The lowest BCUT2D eigenvalue weighted by Gasteiger charge is -2.26. The fourth-order valence-electron chi connectivity index (χ4n) is 2.08. The van der Waals surface area contributed by atoms with E-state index in [0.29, 0.717) is 23.6 Å². The molecule has 0 saturated heterocycles. The average Bonchev–Trinajstić information content (AvgIpc) is 2.29. The van der Waals surface area contributed by atoms with E-state index in [2.05, 4.69) is 4.98 Å². The van der Waals surface area contributed by atoms with Gasteiger partial charge in [0.05, 0.1) is 23.2 Å². The number of pyridine rings is 1. The van der Waals surface area contributed by atoms with Crippen LogP contribution in [0.15, 0.2) is 18.5 Å². The summed E-state index contributed by atoms with van der Waals surface area (Å²) in [4.78, 5) is 14.7. The van der Waals surface area contributed by atoms with Crippen LogP contribution in [0.4, 0.5) is 0 Å². The third-order valence-electron chi connectivity index (χ3n) is 3.01. The molecule has 0 aromatic carbocycles. The first-order valence-electron chi connectivity index (χ1n) is 5.65. The Morgan fingerprint density at radius 2 is 2.06 bits per heavy atom. The molecule has 4 nitrogen and oxygen atoms in total. The zero-order chi connectivity index (χ0) is 12.3. The molecular weight excluding hydrogens is 242 g/mol. The van der Waals surface area contributed by atoms with E-state index in [1.807, 2.05) is 0 Å². The van der Waals surface area contributed by atoms with E-state index in [0.717, 1.165) is 12.8 Å². The molecule has 1 aliphatic carbocycles. The Kier molecular flexibility index (Phi) is 3.84. The summed E-state index contributed by atoms with van der Waals surface area (Å²) < 4.78 is 5.72. The first kappa shape index (κ1) is 12.2. The summed E-state index contributed by atoms with van der Waals surface area (Å²) >= 11 is 5.81. The smallest absolute Gasteiger partial charge is 0.306 e. The minimum atomic E-state index is -0.701. The van der Waals surface area contributed by atoms with Gasteiger partial charge in [0, 0.05) is 12.3 Å². The second-order valence-electron chi connectivity index (χ2n) is 4.27. The van der Waals surface area contributed by atoms with Crippen LogP contribution in [0.1, 0.15) is 25.7 Å². The zero-order valence-electron chi connectivity index (χ0n) is 9.30. The summed E-state index contributed by atoms with van der Waals surface area (Å²) in [7, 11) is 0. The Bertz CT molecular complexity index is 402. The van der Waals surface area contributed by atoms with Crippen molar-refractivity contribution in [1.29, 1.82) is 0 Å². The van der Waals surface area contributed by atoms with Gasteiger partial charge in [-0.3, -0.25) is 9.78 Å². The van der Waals surface area contributed by atoms with Gasteiger partial charge in [-0.25, -0.2) is 0 Å². The molecule has 1 aliphatic rings. The molecular formula is C12H14ClNO3. The lowest BCUT2D eigenvalue weighted by molar-refractivity contribution is -0.143. The molecule has 17 heavy (non-hydrogen) atoms. The van der Waals surface area contributed by atoms with Crippen molar-refractivity contribution in [3.05, 3.63) is 23.5 Å². The molecule has 0 aliphatic heterocycles. The summed E-state index contributed by atoms with van der Waals surface area (Å²) in [5.74, 6) is -0.267. The fourth-order valence-corrected chi connectivity index (χ4v) is 2.24. The van der Waals surface area contributed by atoms with E-state index >= 15 is 0 Å². The number of carbonyl (C=O) groups is 1. The predicted octanol–water partition coefficient (Wildman–Crippen LogP) is 2.76. The highest BCUT2D eigenvalue weighted by atomic mass is 35.5. The summed E-state index contributed by atoms with van der Waals surface area (Å²) in [5, 5.41) is 9.43. The summed E-state index contributed by atoms with van der Waals surface area (Å²) in [6, 6.07) is 1.72. The second-order valence-corrected chi connectivity index (χ2v) is 4.71. The number of carboxylic acid groups (broad SMARTS) is 1. The van der Waals surface area contributed by atoms with Gasteiger partial charge in [0.15, 0.2) is 0 Å². The number of carboxylic acids is 1. The molecule has 0 spiro atoms. The van der Waals surface area contributed by atoms with Crippen molar-refractivity contribution in [3.63, 3.8) is 0 Å². The van der Waals surface area contributed by atoms with E-state index < -0.39 is 5.97 Å². The topological polar surface area (TPSA) is 59.4 Å². The summed E-state index contributed by atoms with van der Waals surface area (Å²) in [6.07, 6.45) is 6.13. The maximum absolute atomic E-state index is 10.8. The summed E-state index contributed by atoms with van der Waals surface area (Å²) in [5.41, 5.74) is 0. The normalized spacial score (nSPS) is 24.3. The van der Waals surface area contributed by atoms with E-state index in [1.165, 1.54) is 0 Å². The van der Waals surface area contributed by atoms with Crippen LogP contribution < -0.4 is 4.74 Å². The minimum Gasteiger partial charge on any atom is -0.489 e. The van der Waals surface area contributed by atoms with Crippen molar-refractivity contribution in [2.24, 2.45) is 5.92 Å². The third kappa shape index (κ3) is 3.33. The molecule has 1 fully saturated rings. The van der Waals surface area contributed by atoms with Gasteiger partial charge in [-0.1, -0.05) is 11.6 Å². The number of halogens is 1. The van der Waals surface area contributed by atoms with Crippen LogP contribution in [0.3, 0.4) is 0 Å². The van der Waals surface area contributed by atoms with Crippen LogP contribution >= 0.6 is 11.6 Å². The molecule has 2 rings (SSSR count). The predicted molar refractivity (Wildman–Crippen MR) is 63.3 cm³/mol. The minimum absolute atomic E-state index is 0.0749. The number of hydrogen-bond acceptors (Lipinski definition) is 3. The largest absolute Gasteiger partial charge is 0.489 e. The van der Waals surface area contributed by atoms with Crippen LogP contribution in [-0.4, -0.2) is 22.2 Å². The van der Waals surface area contributed by atoms with Crippen molar-refractivity contribution in [2.45, 2.75) is 31.8 Å². The van der Waals surface area contributed by atoms with Gasteiger partial charge in [-0.15, -0.1) is 0 Å². The molecule has 0 atom stereocenters. The Labute approximate surface area is 105 Å². The van der Waals surface area contributed by atoms with Gasteiger partial charge in [-0.05, 0) is 25.7 Å². The summed E-state index contributed by atoms with van der Waals surface area (Å²) in [6.45, 7) is 0. The van der Waals surface area contributed by atoms with Crippen molar-refractivity contribution >= 4 is 17.6 Å². The maximum Gasteiger partial charge on any atom is 0.306 e. The zero-order valence-corrected chi connectivity index (χ0v) is 10.1. The highest BCUT2D eigenvalue weighted by molar-refractivity contribution is 6.30. The number of aliphatic carboxylic acids is 1. The Morgan fingerprint density at radius 1 is 1.35 bits per heavy atom. The molecule has 1 aromatic heterocycles. The number of aromatic nitrogens is 1. The van der Waals surface area contributed by atoms with E-state index in [1.54, 1.807) is 18.5 Å². The van der Waals surface area contributed by atoms with Crippen LogP contribution in [0.5, 0.6) is 5.75 Å². The van der Waals surface area contributed by atoms with E-state index in [4.69, 9.17) is 21.4 Å². The van der Waals surface area contributed by atoms with Crippen molar-refractivity contribution in [1.82, 2.24) is 4.98 Å². The number of ether oxygens (including phenoxy) is 1. The van der Waals surface area contributed by atoms with Gasteiger partial charge >= 0.3 is 5.97 Å². The third-order valence-corrected chi connectivity index (χ3v) is 3.21. The highest BCUT2D eigenvalue weighted by Crippen LogP contribution is 2.28. The number of nitrogens with zero attached hydrogens (tertiary/aromatic N) is 1. The number of rotatable bonds is 3. The molecule has 0 radical (unpaired) electrons. The van der Waals surface area contributed by atoms with Crippen molar-refractivity contribution in [3.8, 4) is 5.75 Å². The monoisotopic (exact) mass is 255 g/mol. The van der Waals surface area contributed by atoms with Crippen LogP contribution in [-0.2, 0) is 4.79 Å². The van der Waals surface area contributed by atoms with Crippen LogP contribution in [0, 0.1) is 5.92 Å². The first-order chi connectivity index (χ1) is 8.15. The Balaban J connectivity index is 1.88. The molecule has 1 N–H and O–H groups in total. The second kappa shape index (κ2) is 5.36. The van der Waals surface area contributed by atoms with Crippen molar-refractivity contribution in [2.75, 3.05) is 0 Å². The molecule has 92 valence electrons. The van der Waals surface area contributed by atoms with E-state index in [9.17, 15) is 4.79 Å². The lowest BCUT2D eigenvalue weighted by atomic mass is 9.87. The molecule has 5 heteroatoms. The molecule has 0 amide bonds. The fraction of sp³-hybridized carbons (Fsp3) is 0.500. The molecule has 1 saturated carbocycles. The molecule has 0 unspecified atom stereocenters. The lowest BCUT2D eigenvalue weighted by Crippen LogP contribution is -2.27. The SMILES string of the molecule is O=C(O)C1CCC(Oc2cncc(Cl)c2)CC1. The highest BCUT2D eigenvalue weighted by Gasteiger charge is 2.26. The average molecular weight is 256 g/mol. The maximum atomic E-state index is 10.8. The molecule has 1 aromatic rings. The van der Waals surface area contributed by atoms with Crippen LogP contribution in [0.25, 0.3) is 0 Å². The van der Waals surface area contributed by atoms with Crippen LogP contribution in [0.2, 0.25) is 5.02 Å². The van der Waals surface area contributed by atoms with Gasteiger partial charge in [0.2, 0.25) is 0 Å². The Hall–Kier alpha value is -1.29. The van der Waals surface area contributed by atoms with Gasteiger partial charge < -0.3 is 9.84 Å². The molecule has 1 heterocycles. The molecule has 0 bridgehead atoms. The van der Waals surface area contributed by atoms with Gasteiger partial charge in [0.1, 0.15) is 5.75 Å². The van der Waals surface area contributed by atoms with Crippen molar-refractivity contribution < 1.29 is 14.6 Å². The first-order valence-corrected chi connectivity index (χ1v) is 6.03. The van der Waals surface area contributed by atoms with Gasteiger partial charge in [-0.2, -0.15) is 0 Å². The standard InChI is InChI=1S/C12H14ClNO3/c13-9-5-11(7-14-6-9)17-10-3-1-8(2-4-10)12(15)16/h5-8,10H,1-4H2,(H,15,16).